The Morgan fingerprint density at radius 3 is 1.46 bits per heavy atom. The zero-order valence-corrected chi connectivity index (χ0v) is 31.1. The van der Waals surface area contributed by atoms with Crippen LogP contribution in [0.2, 0.25) is 0 Å². The molecule has 0 aromatic rings. The van der Waals surface area contributed by atoms with Crippen LogP contribution in [0.3, 0.4) is 0 Å². The summed E-state index contributed by atoms with van der Waals surface area (Å²) in [5, 5.41) is 160. The van der Waals surface area contributed by atoms with Gasteiger partial charge < -0.3 is 120 Å². The lowest BCUT2D eigenvalue weighted by molar-refractivity contribution is -0.376. The summed E-state index contributed by atoms with van der Waals surface area (Å²) in [4.78, 5) is 12.3. The summed E-state index contributed by atoms with van der Waals surface area (Å²) in [6.45, 7) is -0.413. The standard InChI is InChI=1S/C32H57NO24/c1-8-16(41)20(45)22(47)30(50-8)54-25(11(39)4-34)26(12(40)5-35)55-32-24(49)28(18(43)13(6-36)52-32)57-29-15(33-10(3)38)19(44)27(14(7-37)53-29)56-31-23(48)21(46)17(42)9(2)51-31/h8-9,11-32,34-37,39-49H,4-7H2,1-3H3,(H,33,38)/t8-,9-,11-,12+,13+,14+,15+,16+,17+,18-,19+,20+,21+,22-,23-,24+,25+,26+,27+,28-,29-,30-,31-,32-/m0/s1. The molecule has 4 saturated heterocycles. The van der Waals surface area contributed by atoms with Crippen LogP contribution in [-0.2, 0) is 42.7 Å². The van der Waals surface area contributed by atoms with Gasteiger partial charge in [-0.05, 0) is 13.8 Å². The van der Waals surface area contributed by atoms with E-state index in [9.17, 15) is 81.4 Å². The van der Waals surface area contributed by atoms with Crippen molar-refractivity contribution in [1.82, 2.24) is 5.32 Å². The first-order valence-corrected chi connectivity index (χ1v) is 18.2. The lowest BCUT2D eigenvalue weighted by atomic mass is 9.94. The average Bonchev–Trinajstić information content (AvgIpc) is 3.18. The van der Waals surface area contributed by atoms with Gasteiger partial charge in [-0.15, -0.1) is 0 Å². The normalized spacial score (nSPS) is 46.5. The lowest BCUT2D eigenvalue weighted by Gasteiger charge is -2.49. The van der Waals surface area contributed by atoms with Crippen LogP contribution in [0.5, 0.6) is 0 Å². The Bertz CT molecular complexity index is 1240. The third-order valence-electron chi connectivity index (χ3n) is 10.3. The molecule has 57 heavy (non-hydrogen) atoms. The Labute approximate surface area is 325 Å². The molecule has 0 unspecified atom stereocenters. The zero-order valence-electron chi connectivity index (χ0n) is 31.1. The highest BCUT2D eigenvalue weighted by Gasteiger charge is 2.55. The minimum absolute atomic E-state index is 0.779. The van der Waals surface area contributed by atoms with Crippen molar-refractivity contribution in [3.63, 3.8) is 0 Å². The van der Waals surface area contributed by atoms with Crippen LogP contribution in [0.15, 0.2) is 0 Å². The summed E-state index contributed by atoms with van der Waals surface area (Å²) in [5.41, 5.74) is 0. The van der Waals surface area contributed by atoms with E-state index < -0.39 is 180 Å². The van der Waals surface area contributed by atoms with Gasteiger partial charge in [-0.3, -0.25) is 4.79 Å². The predicted molar refractivity (Wildman–Crippen MR) is 178 cm³/mol. The van der Waals surface area contributed by atoms with Crippen LogP contribution in [0, 0.1) is 0 Å². The fourth-order valence-corrected chi connectivity index (χ4v) is 6.92. The second-order valence-electron chi connectivity index (χ2n) is 14.4. The second-order valence-corrected chi connectivity index (χ2v) is 14.4. The number of nitrogens with one attached hydrogen (secondary N) is 1. The molecule has 0 aromatic carbocycles. The Hall–Kier alpha value is -1.45. The first-order valence-electron chi connectivity index (χ1n) is 18.2. The van der Waals surface area contributed by atoms with Crippen molar-refractivity contribution >= 4 is 5.91 Å². The quantitative estimate of drug-likeness (QED) is 0.0686. The molecule has 4 aliphatic heterocycles. The predicted octanol–water partition coefficient (Wildman–Crippen LogP) is -10.1. The van der Waals surface area contributed by atoms with E-state index in [2.05, 4.69) is 5.32 Å². The second kappa shape index (κ2) is 20.9. The molecule has 334 valence electrons. The zero-order chi connectivity index (χ0) is 42.6. The SMILES string of the molecule is CC(=O)N[C@H]1[C@H](O[C@H]2[C@@H](O)[C@@H](CO)O[C@@H](O[C@@H]([C@H](O[C@@H]3O[C@@H](C)[C@@H](O)[C@@H](O)[C@@H]3O)[C@@H](O)CO)[C@H](O)CO)[C@@H]2O)O[C@H](CO)[C@@H](O[C@@H]2O[C@@H](C)[C@@H](O)[C@@H](O)[C@@H]2O)[C@@H]1O. The first kappa shape index (κ1) is 48.2. The third-order valence-corrected chi connectivity index (χ3v) is 10.3. The molecule has 24 atom stereocenters. The Morgan fingerprint density at radius 2 is 0.982 bits per heavy atom. The van der Waals surface area contributed by atoms with Crippen LogP contribution in [0.4, 0.5) is 0 Å². The number of carbonyl (C=O) groups excluding carboxylic acids is 1. The molecule has 0 radical (unpaired) electrons. The van der Waals surface area contributed by atoms with Gasteiger partial charge in [0.1, 0.15) is 110 Å². The van der Waals surface area contributed by atoms with Crippen molar-refractivity contribution in [3.8, 4) is 0 Å². The molecule has 4 rings (SSSR count). The van der Waals surface area contributed by atoms with Gasteiger partial charge in [0.05, 0.1) is 38.6 Å². The van der Waals surface area contributed by atoms with Gasteiger partial charge in [0.25, 0.3) is 0 Å². The van der Waals surface area contributed by atoms with Crippen LogP contribution >= 0.6 is 0 Å². The Morgan fingerprint density at radius 1 is 0.544 bits per heavy atom. The van der Waals surface area contributed by atoms with Gasteiger partial charge in [-0.1, -0.05) is 0 Å². The highest BCUT2D eigenvalue weighted by atomic mass is 16.8. The van der Waals surface area contributed by atoms with Gasteiger partial charge >= 0.3 is 0 Å². The van der Waals surface area contributed by atoms with Gasteiger partial charge in [-0.2, -0.15) is 0 Å². The van der Waals surface area contributed by atoms with E-state index in [0.29, 0.717) is 0 Å². The number of amides is 1. The highest BCUT2D eigenvalue weighted by molar-refractivity contribution is 5.73. The minimum Gasteiger partial charge on any atom is -0.394 e. The summed E-state index contributed by atoms with van der Waals surface area (Å²) in [6.07, 6.45) is -41.1. The molecular formula is C32H57NO24. The minimum atomic E-state index is -2.18. The number of hydrogen-bond donors (Lipinski definition) is 16. The van der Waals surface area contributed by atoms with Crippen molar-refractivity contribution in [2.45, 2.75) is 168 Å². The molecule has 0 bridgehead atoms. The summed E-state index contributed by atoms with van der Waals surface area (Å²) < 4.78 is 45.1. The summed E-state index contributed by atoms with van der Waals surface area (Å²) in [7, 11) is 0. The van der Waals surface area contributed by atoms with E-state index in [1.54, 1.807) is 0 Å². The van der Waals surface area contributed by atoms with Gasteiger partial charge in [0.2, 0.25) is 5.91 Å². The van der Waals surface area contributed by atoms with Crippen molar-refractivity contribution in [1.29, 1.82) is 0 Å². The molecule has 4 fully saturated rings. The molecule has 0 aromatic heterocycles. The largest absolute Gasteiger partial charge is 0.394 e. The average molecular weight is 840 g/mol. The molecular weight excluding hydrogens is 782 g/mol. The number of rotatable bonds is 16. The van der Waals surface area contributed by atoms with Crippen LogP contribution in [-0.4, -0.2) is 256 Å². The van der Waals surface area contributed by atoms with E-state index in [-0.39, 0.29) is 0 Å². The summed E-state index contributed by atoms with van der Waals surface area (Å²) in [5.74, 6) is -0.779. The van der Waals surface area contributed by atoms with Gasteiger partial charge in [0, 0.05) is 6.92 Å². The number of ether oxygens (including phenoxy) is 8. The van der Waals surface area contributed by atoms with Crippen LogP contribution in [0.25, 0.3) is 0 Å². The van der Waals surface area contributed by atoms with E-state index in [1.807, 2.05) is 0 Å². The number of hydrogen-bond acceptors (Lipinski definition) is 24. The number of aliphatic hydroxyl groups excluding tert-OH is 15. The maximum absolute atomic E-state index is 12.3. The van der Waals surface area contributed by atoms with E-state index in [1.165, 1.54) is 13.8 Å². The van der Waals surface area contributed by atoms with E-state index in [4.69, 9.17) is 37.9 Å². The fraction of sp³-hybridized carbons (Fsp3) is 0.969. The third kappa shape index (κ3) is 10.7. The molecule has 4 heterocycles. The van der Waals surface area contributed by atoms with Crippen molar-refractivity contribution < 1.29 is 119 Å². The highest BCUT2D eigenvalue weighted by Crippen LogP contribution is 2.34. The van der Waals surface area contributed by atoms with Crippen LogP contribution < -0.4 is 5.32 Å². The molecule has 0 aliphatic carbocycles. The molecule has 25 heteroatoms. The Balaban J connectivity index is 1.60. The van der Waals surface area contributed by atoms with Gasteiger partial charge in [0.15, 0.2) is 25.2 Å². The van der Waals surface area contributed by atoms with Crippen LogP contribution in [0.1, 0.15) is 20.8 Å². The smallest absolute Gasteiger partial charge is 0.217 e. The molecule has 25 nitrogen and oxygen atoms in total. The van der Waals surface area contributed by atoms with E-state index >= 15 is 0 Å². The first-order chi connectivity index (χ1) is 26.8. The maximum Gasteiger partial charge on any atom is 0.217 e. The van der Waals surface area contributed by atoms with Crippen molar-refractivity contribution in [2.24, 2.45) is 0 Å². The molecule has 4 aliphatic rings. The van der Waals surface area contributed by atoms with Gasteiger partial charge in [-0.25, -0.2) is 0 Å². The Kier molecular flexibility index (Phi) is 17.7. The lowest BCUT2D eigenvalue weighted by Crippen LogP contribution is -2.69. The monoisotopic (exact) mass is 839 g/mol. The molecule has 16 N–H and O–H groups in total. The summed E-state index contributed by atoms with van der Waals surface area (Å²) in [6, 6.07) is -1.65. The maximum atomic E-state index is 12.3. The topological polar surface area (TPSA) is 406 Å². The number of carbonyl (C=O) groups is 1. The summed E-state index contributed by atoms with van der Waals surface area (Å²) >= 11 is 0. The van der Waals surface area contributed by atoms with Crippen molar-refractivity contribution in [2.75, 3.05) is 26.4 Å². The van der Waals surface area contributed by atoms with Crippen molar-refractivity contribution in [3.05, 3.63) is 0 Å². The number of aliphatic hydroxyl groups is 15. The fourth-order valence-electron chi connectivity index (χ4n) is 6.92. The molecule has 0 spiro atoms. The molecule has 0 saturated carbocycles. The molecule has 1 amide bonds. The van der Waals surface area contributed by atoms with E-state index in [0.717, 1.165) is 6.92 Å².